The molecule has 4 rings (SSSR count). The third-order valence-corrected chi connectivity index (χ3v) is 5.75. The van der Waals surface area contributed by atoms with Gasteiger partial charge in [0.25, 0.3) is 5.91 Å². The number of hydrogen-bond acceptors (Lipinski definition) is 2. The lowest BCUT2D eigenvalue weighted by Crippen LogP contribution is -2.31. The first-order valence-corrected chi connectivity index (χ1v) is 9.99. The van der Waals surface area contributed by atoms with Crippen molar-refractivity contribution in [2.75, 3.05) is 11.4 Å². The molecule has 0 bridgehead atoms. The van der Waals surface area contributed by atoms with Gasteiger partial charge in [-0.2, -0.15) is 0 Å². The highest BCUT2D eigenvalue weighted by Crippen LogP contribution is 2.30. The maximum Gasteiger partial charge on any atom is 0.258 e. The third kappa shape index (κ3) is 3.90. The van der Waals surface area contributed by atoms with Crippen molar-refractivity contribution >= 4 is 17.5 Å². The van der Waals surface area contributed by atoms with Gasteiger partial charge in [0.05, 0.1) is 0 Å². The quantitative estimate of drug-likeness (QED) is 0.891. The van der Waals surface area contributed by atoms with Gasteiger partial charge in [-0.25, -0.2) is 0 Å². The minimum Gasteiger partial charge on any atom is -0.352 e. The Kier molecular flexibility index (Phi) is 5.23. The lowest BCUT2D eigenvalue weighted by Gasteiger charge is -2.21. The number of rotatable bonds is 4. The van der Waals surface area contributed by atoms with Crippen molar-refractivity contribution in [2.45, 2.75) is 45.1 Å². The van der Waals surface area contributed by atoms with Gasteiger partial charge in [0.2, 0.25) is 5.91 Å². The van der Waals surface area contributed by atoms with Gasteiger partial charge < -0.3 is 10.2 Å². The van der Waals surface area contributed by atoms with E-state index in [1.54, 1.807) is 0 Å². The lowest BCUT2D eigenvalue weighted by atomic mass is 9.88. The summed E-state index contributed by atoms with van der Waals surface area (Å²) in [5, 5.41) is 3.10. The Morgan fingerprint density at radius 2 is 1.78 bits per heavy atom. The number of amides is 2. The summed E-state index contributed by atoms with van der Waals surface area (Å²) >= 11 is 0. The van der Waals surface area contributed by atoms with Crippen LogP contribution in [-0.2, 0) is 17.8 Å². The summed E-state index contributed by atoms with van der Waals surface area (Å²) in [4.78, 5) is 26.9. The molecule has 1 N–H and O–H groups in total. The predicted molar refractivity (Wildman–Crippen MR) is 107 cm³/mol. The molecule has 1 heterocycles. The fourth-order valence-electron chi connectivity index (χ4n) is 4.21. The molecule has 2 aromatic rings. The van der Waals surface area contributed by atoms with E-state index in [0.717, 1.165) is 30.5 Å². The number of anilines is 1. The average Bonchev–Trinajstić information content (AvgIpc) is 3.16. The topological polar surface area (TPSA) is 49.4 Å². The maximum atomic E-state index is 12.8. The van der Waals surface area contributed by atoms with Crippen LogP contribution < -0.4 is 10.2 Å². The Morgan fingerprint density at radius 3 is 2.56 bits per heavy atom. The molecule has 0 atom stereocenters. The molecule has 0 unspecified atom stereocenters. The Bertz CT molecular complexity index is 826. The van der Waals surface area contributed by atoms with E-state index in [2.05, 4.69) is 11.4 Å². The van der Waals surface area contributed by atoms with Crippen molar-refractivity contribution in [1.29, 1.82) is 0 Å². The van der Waals surface area contributed by atoms with E-state index in [9.17, 15) is 9.59 Å². The minimum atomic E-state index is 0.0488. The van der Waals surface area contributed by atoms with E-state index in [1.807, 2.05) is 47.4 Å². The summed E-state index contributed by atoms with van der Waals surface area (Å²) in [6.45, 7) is 1.27. The first-order chi connectivity index (χ1) is 13.2. The second-order valence-corrected chi connectivity index (χ2v) is 7.59. The van der Waals surface area contributed by atoms with Gasteiger partial charge in [-0.1, -0.05) is 49.6 Å². The van der Waals surface area contributed by atoms with Crippen molar-refractivity contribution in [2.24, 2.45) is 5.92 Å². The molecule has 140 valence electrons. The Balaban J connectivity index is 1.41. The number of carbonyl (C=O) groups excluding carboxylic acids is 2. The number of nitrogens with zero attached hydrogens (tertiary/aromatic N) is 1. The smallest absolute Gasteiger partial charge is 0.258 e. The zero-order valence-corrected chi connectivity index (χ0v) is 15.6. The third-order valence-electron chi connectivity index (χ3n) is 5.75. The fourth-order valence-corrected chi connectivity index (χ4v) is 4.21. The zero-order valence-electron chi connectivity index (χ0n) is 15.6. The van der Waals surface area contributed by atoms with E-state index in [-0.39, 0.29) is 17.7 Å². The molecular weight excluding hydrogens is 336 g/mol. The molecule has 0 aromatic heterocycles. The number of hydrogen-bond donors (Lipinski definition) is 1. The number of nitrogens with one attached hydrogen (secondary N) is 1. The molecule has 2 aliphatic rings. The van der Waals surface area contributed by atoms with E-state index < -0.39 is 0 Å². The van der Waals surface area contributed by atoms with Crippen LogP contribution in [0.3, 0.4) is 0 Å². The van der Waals surface area contributed by atoms with E-state index in [4.69, 9.17) is 0 Å². The molecule has 0 saturated heterocycles. The van der Waals surface area contributed by atoms with Crippen LogP contribution in [0, 0.1) is 5.92 Å². The van der Waals surface area contributed by atoms with Crippen molar-refractivity contribution < 1.29 is 9.59 Å². The summed E-state index contributed by atoms with van der Waals surface area (Å²) in [5.41, 5.74) is 4.00. The molecule has 0 spiro atoms. The van der Waals surface area contributed by atoms with Gasteiger partial charge in [0.15, 0.2) is 0 Å². The second kappa shape index (κ2) is 7.95. The Labute approximate surface area is 160 Å². The van der Waals surface area contributed by atoms with Crippen molar-refractivity contribution in [3.05, 3.63) is 65.2 Å². The van der Waals surface area contributed by atoms with Crippen LogP contribution in [0.5, 0.6) is 0 Å². The molecule has 1 saturated carbocycles. The molecule has 1 aliphatic heterocycles. The molecular formula is C23H26N2O2. The summed E-state index contributed by atoms with van der Waals surface area (Å²) < 4.78 is 0. The average molecular weight is 362 g/mol. The van der Waals surface area contributed by atoms with Crippen molar-refractivity contribution in [3.8, 4) is 0 Å². The number of carbonyl (C=O) groups is 2. The summed E-state index contributed by atoms with van der Waals surface area (Å²) in [6, 6.07) is 15.6. The monoisotopic (exact) mass is 362 g/mol. The van der Waals surface area contributed by atoms with Crippen LogP contribution >= 0.6 is 0 Å². The molecule has 2 aromatic carbocycles. The Morgan fingerprint density at radius 1 is 1.00 bits per heavy atom. The molecule has 1 aliphatic carbocycles. The van der Waals surface area contributed by atoms with Crippen LogP contribution in [0.2, 0.25) is 0 Å². The molecule has 0 radical (unpaired) electrons. The fraction of sp³-hybridized carbons (Fsp3) is 0.391. The molecule has 27 heavy (non-hydrogen) atoms. The predicted octanol–water partition coefficient (Wildman–Crippen LogP) is 4.09. The van der Waals surface area contributed by atoms with Crippen LogP contribution in [-0.4, -0.2) is 18.4 Å². The van der Waals surface area contributed by atoms with Gasteiger partial charge in [-0.05, 0) is 48.6 Å². The Hall–Kier alpha value is -2.62. The first kappa shape index (κ1) is 17.8. The van der Waals surface area contributed by atoms with Gasteiger partial charge >= 0.3 is 0 Å². The highest BCUT2D eigenvalue weighted by atomic mass is 16.2. The van der Waals surface area contributed by atoms with Gasteiger partial charge in [-0.15, -0.1) is 0 Å². The number of benzene rings is 2. The SMILES string of the molecule is O=C(NCc1ccc2c(c1)CCN2C(=O)c1ccccc1)C1CCCCC1. The molecule has 4 heteroatoms. The standard InChI is InChI=1S/C23H26N2O2/c26-22(18-7-3-1-4-8-18)24-16-17-11-12-21-20(15-17)13-14-25(21)23(27)19-9-5-2-6-10-19/h2,5-6,9-12,15,18H,1,3-4,7-8,13-14,16H2,(H,24,26). The van der Waals surface area contributed by atoms with Gasteiger partial charge in [0.1, 0.15) is 0 Å². The molecule has 4 nitrogen and oxygen atoms in total. The number of fused-ring (bicyclic) bond motifs is 1. The second-order valence-electron chi connectivity index (χ2n) is 7.59. The highest BCUT2D eigenvalue weighted by Gasteiger charge is 2.26. The van der Waals surface area contributed by atoms with Crippen LogP contribution in [0.25, 0.3) is 0 Å². The molecule has 2 amide bonds. The summed E-state index contributed by atoms with van der Waals surface area (Å²) in [5.74, 6) is 0.427. The van der Waals surface area contributed by atoms with Gasteiger partial charge in [-0.3, -0.25) is 9.59 Å². The largest absolute Gasteiger partial charge is 0.352 e. The van der Waals surface area contributed by atoms with E-state index in [1.165, 1.54) is 24.8 Å². The normalized spacial score (nSPS) is 16.8. The first-order valence-electron chi connectivity index (χ1n) is 9.99. The van der Waals surface area contributed by atoms with E-state index >= 15 is 0 Å². The summed E-state index contributed by atoms with van der Waals surface area (Å²) in [7, 11) is 0. The summed E-state index contributed by atoms with van der Waals surface area (Å²) in [6.07, 6.45) is 6.49. The van der Waals surface area contributed by atoms with Gasteiger partial charge in [0, 0.05) is 30.3 Å². The van der Waals surface area contributed by atoms with Crippen LogP contribution in [0.15, 0.2) is 48.5 Å². The van der Waals surface area contributed by atoms with Crippen molar-refractivity contribution in [1.82, 2.24) is 5.32 Å². The minimum absolute atomic E-state index is 0.0488. The van der Waals surface area contributed by atoms with Crippen LogP contribution in [0.1, 0.15) is 53.6 Å². The highest BCUT2D eigenvalue weighted by molar-refractivity contribution is 6.07. The zero-order chi connectivity index (χ0) is 18.6. The lowest BCUT2D eigenvalue weighted by molar-refractivity contribution is -0.126. The van der Waals surface area contributed by atoms with E-state index in [0.29, 0.717) is 18.7 Å². The van der Waals surface area contributed by atoms with Crippen molar-refractivity contribution in [3.63, 3.8) is 0 Å². The maximum absolute atomic E-state index is 12.8. The van der Waals surface area contributed by atoms with Crippen LogP contribution in [0.4, 0.5) is 5.69 Å². The molecule has 1 fully saturated rings.